The van der Waals surface area contributed by atoms with Crippen LogP contribution in [0, 0.1) is 2.88 Å². The fourth-order valence-corrected chi connectivity index (χ4v) is 3.92. The molecule has 1 atom stereocenters. The zero-order chi connectivity index (χ0) is 14.7. The summed E-state index contributed by atoms with van der Waals surface area (Å²) in [4.78, 5) is 4.79. The van der Waals surface area contributed by atoms with Crippen LogP contribution in [0.2, 0.25) is 0 Å². The zero-order valence-corrected chi connectivity index (χ0v) is 14.8. The first-order chi connectivity index (χ1) is 10.3. The van der Waals surface area contributed by atoms with Crippen molar-refractivity contribution in [3.8, 4) is 0 Å². The lowest BCUT2D eigenvalue weighted by Gasteiger charge is -2.16. The lowest BCUT2D eigenvalue weighted by atomic mass is 10.0. The molecule has 4 heteroatoms. The van der Waals surface area contributed by atoms with Crippen LogP contribution in [0.1, 0.15) is 24.2 Å². The highest BCUT2D eigenvalue weighted by atomic mass is 127. The number of aromatic nitrogens is 1. The van der Waals surface area contributed by atoms with Crippen molar-refractivity contribution in [2.24, 2.45) is 0 Å². The molecule has 0 radical (unpaired) electrons. The minimum Gasteiger partial charge on any atom is -0.310 e. The largest absolute Gasteiger partial charge is 0.310 e. The van der Waals surface area contributed by atoms with Gasteiger partial charge in [-0.3, -0.25) is 4.98 Å². The molecule has 3 rings (SSSR count). The number of thiophene rings is 1. The van der Waals surface area contributed by atoms with Crippen LogP contribution in [0.5, 0.6) is 0 Å². The predicted molar refractivity (Wildman–Crippen MR) is 98.9 cm³/mol. The van der Waals surface area contributed by atoms with Crippen LogP contribution in [-0.4, -0.2) is 11.5 Å². The van der Waals surface area contributed by atoms with Gasteiger partial charge in [0.05, 0.1) is 8.40 Å². The first-order valence-electron chi connectivity index (χ1n) is 7.08. The van der Waals surface area contributed by atoms with Gasteiger partial charge in [-0.15, -0.1) is 11.3 Å². The van der Waals surface area contributed by atoms with Crippen molar-refractivity contribution in [1.29, 1.82) is 0 Å². The number of benzene rings is 1. The molecule has 0 aliphatic heterocycles. The maximum atomic E-state index is 4.79. The summed E-state index contributed by atoms with van der Waals surface area (Å²) in [6.45, 7) is 3.11. The van der Waals surface area contributed by atoms with Crippen molar-refractivity contribution in [3.05, 3.63) is 62.0 Å². The zero-order valence-electron chi connectivity index (χ0n) is 11.8. The molecule has 108 valence electrons. The van der Waals surface area contributed by atoms with Crippen molar-refractivity contribution in [3.63, 3.8) is 0 Å². The van der Waals surface area contributed by atoms with Crippen molar-refractivity contribution in [2.75, 3.05) is 6.54 Å². The van der Waals surface area contributed by atoms with Crippen LogP contribution in [0.4, 0.5) is 0 Å². The second kappa shape index (κ2) is 6.85. The monoisotopic (exact) mass is 408 g/mol. The molecule has 0 amide bonds. The van der Waals surface area contributed by atoms with Gasteiger partial charge in [0.1, 0.15) is 0 Å². The summed E-state index contributed by atoms with van der Waals surface area (Å²) in [5, 5.41) is 7.02. The van der Waals surface area contributed by atoms with Gasteiger partial charge in [0, 0.05) is 23.5 Å². The average Bonchev–Trinajstić information content (AvgIpc) is 2.93. The molecule has 0 saturated carbocycles. The predicted octanol–water partition coefficient (Wildman–Crippen LogP) is 4.79. The number of likely N-dealkylation sites (N-methyl/N-ethyl adjacent to an activating group) is 1. The number of hydrogen-bond donors (Lipinski definition) is 1. The van der Waals surface area contributed by atoms with E-state index in [0.29, 0.717) is 6.04 Å². The van der Waals surface area contributed by atoms with Crippen LogP contribution >= 0.6 is 33.9 Å². The molecule has 0 bridgehead atoms. The van der Waals surface area contributed by atoms with Crippen LogP contribution in [0.15, 0.2) is 47.8 Å². The maximum Gasteiger partial charge on any atom is 0.0705 e. The first kappa shape index (κ1) is 14.9. The summed E-state index contributed by atoms with van der Waals surface area (Å²) in [5.41, 5.74) is 3.58. The van der Waals surface area contributed by atoms with E-state index in [1.165, 1.54) is 13.8 Å². The molecule has 3 aromatic rings. The second-order valence-corrected chi connectivity index (χ2v) is 7.80. The molecule has 0 spiro atoms. The fraction of sp³-hybridized carbons (Fsp3) is 0.235. The Morgan fingerprint density at radius 3 is 2.86 bits per heavy atom. The maximum absolute atomic E-state index is 4.79. The summed E-state index contributed by atoms with van der Waals surface area (Å²) >= 11 is 4.18. The number of pyridine rings is 1. The van der Waals surface area contributed by atoms with Crippen LogP contribution < -0.4 is 5.32 Å². The third kappa shape index (κ3) is 3.62. The third-order valence-electron chi connectivity index (χ3n) is 3.51. The van der Waals surface area contributed by atoms with Gasteiger partial charge >= 0.3 is 0 Å². The topological polar surface area (TPSA) is 24.9 Å². The van der Waals surface area contributed by atoms with E-state index in [-0.39, 0.29) is 0 Å². The lowest BCUT2D eigenvalue weighted by molar-refractivity contribution is 0.546. The van der Waals surface area contributed by atoms with Gasteiger partial charge < -0.3 is 5.32 Å². The molecule has 1 N–H and O–H groups in total. The molecular weight excluding hydrogens is 391 g/mol. The summed E-state index contributed by atoms with van der Waals surface area (Å²) in [6, 6.07) is 15.2. The van der Waals surface area contributed by atoms with Crippen LogP contribution in [0.25, 0.3) is 10.9 Å². The first-order valence-corrected chi connectivity index (χ1v) is 9.04. The molecule has 2 nitrogen and oxygen atoms in total. The summed E-state index contributed by atoms with van der Waals surface area (Å²) < 4.78 is 1.33. The van der Waals surface area contributed by atoms with Gasteiger partial charge in [0.2, 0.25) is 0 Å². The molecule has 0 saturated heterocycles. The Morgan fingerprint density at radius 1 is 1.24 bits per heavy atom. The van der Waals surface area contributed by atoms with Crippen LogP contribution in [0.3, 0.4) is 0 Å². The summed E-state index contributed by atoms with van der Waals surface area (Å²) in [5.74, 6) is 0. The molecular formula is C17H17IN2S. The highest BCUT2D eigenvalue weighted by Gasteiger charge is 2.13. The SMILES string of the molecule is CCNC(Cc1ccc2ccccc2n1)c1csc(I)c1. The smallest absolute Gasteiger partial charge is 0.0705 e. The number of nitrogens with zero attached hydrogens (tertiary/aromatic N) is 1. The van der Waals surface area contributed by atoms with E-state index >= 15 is 0 Å². The fourth-order valence-electron chi connectivity index (χ4n) is 2.49. The molecule has 1 aromatic carbocycles. The molecule has 0 aliphatic carbocycles. The number of nitrogens with one attached hydrogen (secondary N) is 1. The molecule has 2 aromatic heterocycles. The molecule has 0 aliphatic rings. The normalized spacial score (nSPS) is 12.7. The standard InChI is InChI=1S/C17H17IN2S/c1-2-19-16(13-9-17(18)21-11-13)10-14-8-7-12-5-3-4-6-15(12)20-14/h3-9,11,16,19H,2,10H2,1H3. The van der Waals surface area contributed by atoms with Gasteiger partial charge in [-0.25, -0.2) is 0 Å². The molecule has 2 heterocycles. The van der Waals surface area contributed by atoms with E-state index in [4.69, 9.17) is 4.98 Å². The highest BCUT2D eigenvalue weighted by molar-refractivity contribution is 14.1. The van der Waals surface area contributed by atoms with E-state index in [1.54, 1.807) is 11.3 Å². The van der Waals surface area contributed by atoms with Crippen LogP contribution in [-0.2, 0) is 6.42 Å². The lowest BCUT2D eigenvalue weighted by Crippen LogP contribution is -2.22. The Labute approximate surface area is 142 Å². The number of rotatable bonds is 5. The van der Waals surface area contributed by atoms with Crippen molar-refractivity contribution in [2.45, 2.75) is 19.4 Å². The van der Waals surface area contributed by atoms with Gasteiger partial charge in [0.25, 0.3) is 0 Å². The van der Waals surface area contributed by atoms with E-state index in [1.807, 2.05) is 6.07 Å². The van der Waals surface area contributed by atoms with Gasteiger partial charge in [-0.05, 0) is 58.3 Å². The third-order valence-corrected chi connectivity index (χ3v) is 5.32. The Morgan fingerprint density at radius 2 is 2.10 bits per heavy atom. The van der Waals surface area contributed by atoms with Crippen molar-refractivity contribution < 1.29 is 0 Å². The Balaban J connectivity index is 1.86. The van der Waals surface area contributed by atoms with Crippen molar-refractivity contribution >= 4 is 44.8 Å². The number of hydrogen-bond acceptors (Lipinski definition) is 3. The van der Waals surface area contributed by atoms with E-state index in [0.717, 1.165) is 24.2 Å². The van der Waals surface area contributed by atoms with Gasteiger partial charge in [-0.2, -0.15) is 0 Å². The Hall–Kier alpha value is -0.980. The van der Waals surface area contributed by atoms with Gasteiger partial charge in [-0.1, -0.05) is 31.2 Å². The molecule has 1 unspecified atom stereocenters. The second-order valence-electron chi connectivity index (χ2n) is 4.99. The molecule has 21 heavy (non-hydrogen) atoms. The Kier molecular flexibility index (Phi) is 4.87. The highest BCUT2D eigenvalue weighted by Crippen LogP contribution is 2.25. The number of fused-ring (bicyclic) bond motifs is 1. The minimum absolute atomic E-state index is 0.337. The minimum atomic E-state index is 0.337. The average molecular weight is 408 g/mol. The van der Waals surface area contributed by atoms with Crippen molar-refractivity contribution in [1.82, 2.24) is 10.3 Å². The summed E-state index contributed by atoms with van der Waals surface area (Å²) in [6.07, 6.45) is 0.922. The number of para-hydroxylation sites is 1. The van der Waals surface area contributed by atoms with E-state index < -0.39 is 0 Å². The van der Waals surface area contributed by atoms with E-state index in [2.05, 4.69) is 76.6 Å². The quantitative estimate of drug-likeness (QED) is 0.614. The molecule has 0 fully saturated rings. The van der Waals surface area contributed by atoms with Gasteiger partial charge in [0.15, 0.2) is 0 Å². The Bertz CT molecular complexity index is 738. The summed E-state index contributed by atoms with van der Waals surface area (Å²) in [7, 11) is 0. The van der Waals surface area contributed by atoms with E-state index in [9.17, 15) is 0 Å². The number of halogens is 1.